The molecule has 1 aromatic carbocycles. The molecule has 1 aromatic heterocycles. The Morgan fingerprint density at radius 2 is 1.96 bits per heavy atom. The lowest BCUT2D eigenvalue weighted by molar-refractivity contribution is 0.391. The molecule has 8 heteroatoms. The van der Waals surface area contributed by atoms with E-state index in [1.54, 1.807) is 13.0 Å². The number of hydrogen-bond donors (Lipinski definition) is 2. The Morgan fingerprint density at radius 3 is 2.50 bits per heavy atom. The SMILES string of the molecule is CCNC(=NCc1ccc(S(C)(=O)=O)c(C)c1)NCC(C)c1c(C)noc1C. The van der Waals surface area contributed by atoms with Crippen LogP contribution in [-0.4, -0.2) is 38.9 Å². The van der Waals surface area contributed by atoms with Gasteiger partial charge in [-0.15, -0.1) is 0 Å². The number of aryl methyl sites for hydroxylation is 3. The zero-order valence-corrected chi connectivity index (χ0v) is 18.3. The molecule has 28 heavy (non-hydrogen) atoms. The number of hydrogen-bond acceptors (Lipinski definition) is 5. The Balaban J connectivity index is 2.07. The van der Waals surface area contributed by atoms with Crippen molar-refractivity contribution >= 4 is 15.8 Å². The number of rotatable bonds is 7. The van der Waals surface area contributed by atoms with Crippen LogP contribution >= 0.6 is 0 Å². The summed E-state index contributed by atoms with van der Waals surface area (Å²) in [5.41, 5.74) is 3.73. The number of nitrogens with one attached hydrogen (secondary N) is 2. The van der Waals surface area contributed by atoms with Crippen LogP contribution in [0.25, 0.3) is 0 Å². The van der Waals surface area contributed by atoms with Gasteiger partial charge in [-0.2, -0.15) is 0 Å². The van der Waals surface area contributed by atoms with Crippen LogP contribution in [0.5, 0.6) is 0 Å². The Bertz CT molecular complexity index is 929. The lowest BCUT2D eigenvalue weighted by Crippen LogP contribution is -2.39. The minimum Gasteiger partial charge on any atom is -0.361 e. The third-order valence-corrected chi connectivity index (χ3v) is 5.82. The van der Waals surface area contributed by atoms with Gasteiger partial charge in [0.2, 0.25) is 0 Å². The van der Waals surface area contributed by atoms with Crippen molar-refractivity contribution in [3.8, 4) is 0 Å². The summed E-state index contributed by atoms with van der Waals surface area (Å²) < 4.78 is 28.8. The number of sulfone groups is 1. The van der Waals surface area contributed by atoms with E-state index in [2.05, 4.69) is 27.7 Å². The maximum absolute atomic E-state index is 11.8. The monoisotopic (exact) mass is 406 g/mol. The minimum absolute atomic E-state index is 0.228. The average molecular weight is 407 g/mol. The lowest BCUT2D eigenvalue weighted by atomic mass is 10.00. The molecule has 2 aromatic rings. The number of guanidine groups is 1. The van der Waals surface area contributed by atoms with E-state index in [0.717, 1.165) is 34.7 Å². The second-order valence-corrected chi connectivity index (χ2v) is 9.07. The second-order valence-electron chi connectivity index (χ2n) is 7.09. The molecule has 154 valence electrons. The van der Waals surface area contributed by atoms with Gasteiger partial charge < -0.3 is 15.2 Å². The molecule has 0 aliphatic rings. The first-order valence-corrected chi connectivity index (χ1v) is 11.3. The zero-order chi connectivity index (χ0) is 20.9. The highest BCUT2D eigenvalue weighted by atomic mass is 32.2. The van der Waals surface area contributed by atoms with Crippen LogP contribution in [0.1, 0.15) is 47.9 Å². The first-order valence-electron chi connectivity index (χ1n) is 9.38. The molecule has 7 nitrogen and oxygen atoms in total. The third-order valence-electron chi connectivity index (χ3n) is 4.56. The summed E-state index contributed by atoms with van der Waals surface area (Å²) in [5.74, 6) is 1.78. The molecule has 0 saturated heterocycles. The summed E-state index contributed by atoms with van der Waals surface area (Å²) in [6.07, 6.45) is 1.22. The summed E-state index contributed by atoms with van der Waals surface area (Å²) in [6.45, 7) is 11.7. The molecule has 2 N–H and O–H groups in total. The second kappa shape index (κ2) is 9.23. The van der Waals surface area contributed by atoms with E-state index in [1.165, 1.54) is 6.26 Å². The van der Waals surface area contributed by atoms with Gasteiger partial charge in [-0.25, -0.2) is 13.4 Å². The topological polar surface area (TPSA) is 96.6 Å². The summed E-state index contributed by atoms with van der Waals surface area (Å²) in [7, 11) is -3.21. The van der Waals surface area contributed by atoms with Crippen molar-refractivity contribution in [2.75, 3.05) is 19.3 Å². The maximum Gasteiger partial charge on any atom is 0.191 e. The van der Waals surface area contributed by atoms with Gasteiger partial charge in [-0.05, 0) is 44.9 Å². The van der Waals surface area contributed by atoms with Crippen LogP contribution < -0.4 is 10.6 Å². The van der Waals surface area contributed by atoms with Crippen LogP contribution in [0.2, 0.25) is 0 Å². The highest BCUT2D eigenvalue weighted by Gasteiger charge is 2.16. The fourth-order valence-corrected chi connectivity index (χ4v) is 4.24. The zero-order valence-electron chi connectivity index (χ0n) is 17.5. The summed E-state index contributed by atoms with van der Waals surface area (Å²) in [6, 6.07) is 5.33. The van der Waals surface area contributed by atoms with Crippen LogP contribution in [0.3, 0.4) is 0 Å². The van der Waals surface area contributed by atoms with E-state index < -0.39 is 9.84 Å². The molecule has 1 heterocycles. The van der Waals surface area contributed by atoms with Crippen molar-refractivity contribution in [3.63, 3.8) is 0 Å². The molecular formula is C20H30N4O3S. The largest absolute Gasteiger partial charge is 0.361 e. The third kappa shape index (κ3) is 5.58. The molecule has 0 spiro atoms. The molecule has 0 fully saturated rings. The van der Waals surface area contributed by atoms with Gasteiger partial charge in [-0.1, -0.05) is 24.2 Å². The normalized spacial score (nSPS) is 13.4. The predicted octanol–water partition coefficient (Wildman–Crippen LogP) is 2.86. The van der Waals surface area contributed by atoms with Crippen molar-refractivity contribution in [2.45, 2.75) is 52.0 Å². The van der Waals surface area contributed by atoms with Gasteiger partial charge in [0.25, 0.3) is 0 Å². The summed E-state index contributed by atoms with van der Waals surface area (Å²) >= 11 is 0. The van der Waals surface area contributed by atoms with E-state index in [4.69, 9.17) is 4.52 Å². The lowest BCUT2D eigenvalue weighted by Gasteiger charge is -2.16. The molecule has 0 amide bonds. The highest BCUT2D eigenvalue weighted by molar-refractivity contribution is 7.90. The van der Waals surface area contributed by atoms with Crippen LogP contribution in [-0.2, 0) is 16.4 Å². The number of nitrogens with zero attached hydrogens (tertiary/aromatic N) is 2. The first kappa shape index (κ1) is 21.9. The van der Waals surface area contributed by atoms with Gasteiger partial charge in [0.05, 0.1) is 17.1 Å². The van der Waals surface area contributed by atoms with Crippen molar-refractivity contribution in [1.29, 1.82) is 0 Å². The van der Waals surface area contributed by atoms with Crippen molar-refractivity contribution < 1.29 is 12.9 Å². The van der Waals surface area contributed by atoms with E-state index in [9.17, 15) is 8.42 Å². The van der Waals surface area contributed by atoms with Gasteiger partial charge in [0.1, 0.15) is 5.76 Å². The fraction of sp³-hybridized carbons (Fsp3) is 0.500. The van der Waals surface area contributed by atoms with Gasteiger partial charge >= 0.3 is 0 Å². The molecule has 0 saturated carbocycles. The smallest absolute Gasteiger partial charge is 0.191 e. The average Bonchev–Trinajstić information content (AvgIpc) is 2.94. The molecule has 2 rings (SSSR count). The van der Waals surface area contributed by atoms with Crippen LogP contribution in [0, 0.1) is 20.8 Å². The molecule has 0 aliphatic carbocycles. The highest BCUT2D eigenvalue weighted by Crippen LogP contribution is 2.22. The van der Waals surface area contributed by atoms with E-state index in [0.29, 0.717) is 23.9 Å². The van der Waals surface area contributed by atoms with Gasteiger partial charge in [-0.3, -0.25) is 0 Å². The van der Waals surface area contributed by atoms with Crippen molar-refractivity contribution in [1.82, 2.24) is 15.8 Å². The summed E-state index contributed by atoms with van der Waals surface area (Å²) in [4.78, 5) is 4.98. The van der Waals surface area contributed by atoms with E-state index in [-0.39, 0.29) is 5.92 Å². The molecular weight excluding hydrogens is 376 g/mol. The Morgan fingerprint density at radius 1 is 1.25 bits per heavy atom. The van der Waals surface area contributed by atoms with Gasteiger partial charge in [0, 0.05) is 30.8 Å². The number of aromatic nitrogens is 1. The Labute approximate surface area is 167 Å². The van der Waals surface area contributed by atoms with Crippen LogP contribution in [0.15, 0.2) is 32.6 Å². The van der Waals surface area contributed by atoms with Gasteiger partial charge in [0.15, 0.2) is 15.8 Å². The van der Waals surface area contributed by atoms with E-state index in [1.807, 2.05) is 32.9 Å². The molecule has 1 unspecified atom stereocenters. The molecule has 1 atom stereocenters. The standard InChI is InChI=1S/C20H30N4O3S/c1-7-21-20(22-11-14(3)19-15(4)24-27-16(19)5)23-12-17-8-9-18(13(2)10-17)28(6,25)26/h8-10,14H,7,11-12H2,1-6H3,(H2,21,22,23). The first-order chi connectivity index (χ1) is 13.1. The predicted molar refractivity (Wildman–Crippen MR) is 111 cm³/mol. The van der Waals surface area contributed by atoms with E-state index >= 15 is 0 Å². The minimum atomic E-state index is -3.21. The fourth-order valence-electron chi connectivity index (χ4n) is 3.28. The molecule has 0 radical (unpaired) electrons. The number of aliphatic imine (C=N–C) groups is 1. The molecule has 0 aliphatic heterocycles. The van der Waals surface area contributed by atoms with Crippen LogP contribution in [0.4, 0.5) is 0 Å². The molecule has 0 bridgehead atoms. The maximum atomic E-state index is 11.8. The van der Waals surface area contributed by atoms with Crippen molar-refractivity contribution in [2.24, 2.45) is 4.99 Å². The quantitative estimate of drug-likeness (QED) is 0.542. The Kier molecular flexibility index (Phi) is 7.23. The summed E-state index contributed by atoms with van der Waals surface area (Å²) in [5, 5.41) is 10.6. The number of benzene rings is 1. The Hall–Kier alpha value is -2.35. The van der Waals surface area contributed by atoms with Crippen molar-refractivity contribution in [3.05, 3.63) is 46.3 Å².